The van der Waals surface area contributed by atoms with Gasteiger partial charge in [0.2, 0.25) is 0 Å². The normalized spacial score (nSPS) is 23.6. The Balaban J connectivity index is 1.65. The summed E-state index contributed by atoms with van der Waals surface area (Å²) in [6.07, 6.45) is 8.34. The van der Waals surface area contributed by atoms with Gasteiger partial charge in [0, 0.05) is 22.3 Å². The molecule has 1 aromatic carbocycles. The molecule has 6 heteroatoms. The quantitative estimate of drug-likeness (QED) is 0.286. The number of esters is 2. The molecule has 1 aliphatic carbocycles. The van der Waals surface area contributed by atoms with E-state index in [4.69, 9.17) is 9.47 Å². The van der Waals surface area contributed by atoms with Crippen LogP contribution in [-0.4, -0.2) is 36.6 Å². The summed E-state index contributed by atoms with van der Waals surface area (Å²) in [7, 11) is 0. The molecule has 172 valence electrons. The maximum absolute atomic E-state index is 13.2. The van der Waals surface area contributed by atoms with E-state index in [9.17, 15) is 9.59 Å². The number of nitrogens with zero attached hydrogens (tertiary/aromatic N) is 1. The van der Waals surface area contributed by atoms with Gasteiger partial charge in [-0.2, -0.15) is 0 Å². The molecule has 2 atom stereocenters. The van der Waals surface area contributed by atoms with Crippen LogP contribution < -0.4 is 0 Å². The number of aliphatic imine (C=N–C) groups is 1. The first-order chi connectivity index (χ1) is 15.6. The van der Waals surface area contributed by atoms with Crippen molar-refractivity contribution in [3.63, 3.8) is 0 Å². The van der Waals surface area contributed by atoms with Crippen molar-refractivity contribution < 1.29 is 19.1 Å². The number of rotatable bonds is 8. The molecule has 1 fully saturated rings. The van der Waals surface area contributed by atoms with Crippen molar-refractivity contribution in [3.05, 3.63) is 41.1 Å². The first kappa shape index (κ1) is 23.1. The van der Waals surface area contributed by atoms with Crippen LogP contribution in [0.2, 0.25) is 0 Å². The number of cyclic esters (lactones) is 1. The fraction of sp³-hybridized carbons (Fsp3) is 0.577. The van der Waals surface area contributed by atoms with Crippen molar-refractivity contribution in [2.24, 2.45) is 16.8 Å². The third-order valence-electron chi connectivity index (χ3n) is 6.73. The van der Waals surface area contributed by atoms with E-state index in [0.29, 0.717) is 23.6 Å². The summed E-state index contributed by atoms with van der Waals surface area (Å²) in [4.78, 5) is 31.7. The monoisotopic (exact) mass is 455 g/mol. The van der Waals surface area contributed by atoms with Gasteiger partial charge >= 0.3 is 11.9 Å². The van der Waals surface area contributed by atoms with Crippen LogP contribution in [0.15, 0.2) is 45.4 Å². The van der Waals surface area contributed by atoms with Gasteiger partial charge in [-0.3, -0.25) is 9.79 Å². The van der Waals surface area contributed by atoms with Crippen LogP contribution in [0.1, 0.15) is 70.3 Å². The Morgan fingerprint density at radius 1 is 1.22 bits per heavy atom. The summed E-state index contributed by atoms with van der Waals surface area (Å²) < 4.78 is 11.0. The number of carbonyl (C=O) groups excluding carboxylic acids is 2. The second-order valence-electron chi connectivity index (χ2n) is 9.02. The molecule has 0 spiro atoms. The molecule has 2 aliphatic heterocycles. The molecule has 0 amide bonds. The van der Waals surface area contributed by atoms with Gasteiger partial charge in [0.15, 0.2) is 0 Å². The highest BCUT2D eigenvalue weighted by atomic mass is 32.2. The van der Waals surface area contributed by atoms with E-state index in [1.807, 2.05) is 30.8 Å². The Bertz CT molecular complexity index is 916. The van der Waals surface area contributed by atoms with Crippen molar-refractivity contribution in [3.8, 4) is 0 Å². The van der Waals surface area contributed by atoms with Crippen molar-refractivity contribution in [2.75, 3.05) is 19.0 Å². The van der Waals surface area contributed by atoms with Gasteiger partial charge in [-0.15, -0.1) is 11.8 Å². The third kappa shape index (κ3) is 4.95. The van der Waals surface area contributed by atoms with Gasteiger partial charge in [-0.1, -0.05) is 50.8 Å². The van der Waals surface area contributed by atoms with E-state index in [1.54, 1.807) is 0 Å². The minimum absolute atomic E-state index is 0.178. The number of benzene rings is 1. The van der Waals surface area contributed by atoms with Crippen molar-refractivity contribution in [2.45, 2.75) is 69.6 Å². The lowest BCUT2D eigenvalue weighted by molar-refractivity contribution is -0.146. The molecule has 0 bridgehead atoms. The summed E-state index contributed by atoms with van der Waals surface area (Å²) in [6, 6.07) is 8.19. The minimum Gasteiger partial charge on any atom is -0.465 e. The average Bonchev–Trinajstić information content (AvgIpc) is 3.17. The fourth-order valence-electron chi connectivity index (χ4n) is 4.98. The smallest absolute Gasteiger partial charge is 0.337 e. The Hall–Kier alpha value is -2.08. The topological polar surface area (TPSA) is 65.0 Å². The molecule has 0 aromatic heterocycles. The molecule has 5 nitrogen and oxygen atoms in total. The maximum atomic E-state index is 13.2. The van der Waals surface area contributed by atoms with Gasteiger partial charge in [0.05, 0.1) is 17.9 Å². The van der Waals surface area contributed by atoms with Gasteiger partial charge in [0.1, 0.15) is 12.5 Å². The number of hydrogen-bond acceptors (Lipinski definition) is 6. The Morgan fingerprint density at radius 3 is 2.78 bits per heavy atom. The lowest BCUT2D eigenvalue weighted by atomic mass is 9.76. The zero-order valence-electron chi connectivity index (χ0n) is 19.1. The zero-order chi connectivity index (χ0) is 22.5. The summed E-state index contributed by atoms with van der Waals surface area (Å²) >= 11 is 1.85. The van der Waals surface area contributed by atoms with Crippen LogP contribution in [0.3, 0.4) is 0 Å². The molecule has 2 unspecified atom stereocenters. The van der Waals surface area contributed by atoms with Crippen molar-refractivity contribution >= 4 is 29.4 Å². The summed E-state index contributed by atoms with van der Waals surface area (Å²) in [5, 5.41) is 0. The number of carbonyl (C=O) groups is 2. The molecule has 0 saturated heterocycles. The number of thioether (sulfide) groups is 1. The Kier molecular flexibility index (Phi) is 7.71. The number of hydrogen-bond donors (Lipinski definition) is 0. The first-order valence-corrected chi connectivity index (χ1v) is 12.9. The van der Waals surface area contributed by atoms with Gasteiger partial charge in [-0.05, 0) is 43.7 Å². The van der Waals surface area contributed by atoms with Gasteiger partial charge in [0.25, 0.3) is 0 Å². The van der Waals surface area contributed by atoms with E-state index in [-0.39, 0.29) is 18.5 Å². The SMILES string of the molecule is CCCCOC(=O)C1C(C)=NC2=C(C(=O)OC2)C1c1ccccc1SCC1CCCCC1. The molecule has 3 aliphatic rings. The van der Waals surface area contributed by atoms with E-state index < -0.39 is 11.8 Å². The second kappa shape index (κ2) is 10.7. The summed E-state index contributed by atoms with van der Waals surface area (Å²) in [5.74, 6) is 0.119. The van der Waals surface area contributed by atoms with Crippen LogP contribution >= 0.6 is 11.8 Å². The van der Waals surface area contributed by atoms with E-state index in [1.165, 1.54) is 32.1 Å². The van der Waals surface area contributed by atoms with E-state index >= 15 is 0 Å². The molecular weight excluding hydrogens is 422 g/mol. The van der Waals surface area contributed by atoms with Crippen molar-refractivity contribution in [1.29, 1.82) is 0 Å². The molecule has 1 aromatic rings. The van der Waals surface area contributed by atoms with E-state index in [2.05, 4.69) is 24.0 Å². The lowest BCUT2D eigenvalue weighted by Gasteiger charge is -2.31. The molecule has 2 heterocycles. The number of ether oxygens (including phenoxy) is 2. The molecule has 4 rings (SSSR count). The number of unbranched alkanes of at least 4 members (excludes halogenated alkanes) is 1. The standard InChI is InChI=1S/C26H33NO4S/c1-3-4-14-30-25(28)22-17(2)27-20-15-31-26(29)24(20)23(22)19-12-8-9-13-21(19)32-16-18-10-6-5-7-11-18/h8-9,12-13,18,22-23H,3-7,10-11,14-16H2,1-2H3. The molecule has 1 saturated carbocycles. The third-order valence-corrected chi connectivity index (χ3v) is 8.05. The highest BCUT2D eigenvalue weighted by molar-refractivity contribution is 7.99. The molecular formula is C26H33NO4S. The maximum Gasteiger partial charge on any atom is 0.337 e. The first-order valence-electron chi connectivity index (χ1n) is 11.9. The highest BCUT2D eigenvalue weighted by Crippen LogP contribution is 2.45. The molecule has 0 radical (unpaired) electrons. The Labute approximate surface area is 195 Å². The van der Waals surface area contributed by atoms with Crippen LogP contribution in [0.4, 0.5) is 0 Å². The van der Waals surface area contributed by atoms with E-state index in [0.717, 1.165) is 35.0 Å². The molecule has 32 heavy (non-hydrogen) atoms. The van der Waals surface area contributed by atoms with Crippen LogP contribution in [0, 0.1) is 11.8 Å². The minimum atomic E-state index is -0.604. The largest absolute Gasteiger partial charge is 0.465 e. The van der Waals surface area contributed by atoms with Crippen LogP contribution in [-0.2, 0) is 19.1 Å². The highest BCUT2D eigenvalue weighted by Gasteiger charge is 2.46. The van der Waals surface area contributed by atoms with Gasteiger partial charge < -0.3 is 9.47 Å². The Morgan fingerprint density at radius 2 is 2.00 bits per heavy atom. The van der Waals surface area contributed by atoms with Gasteiger partial charge in [-0.25, -0.2) is 4.79 Å². The lowest BCUT2D eigenvalue weighted by Crippen LogP contribution is -2.35. The average molecular weight is 456 g/mol. The molecule has 0 N–H and O–H groups in total. The summed E-state index contributed by atoms with van der Waals surface area (Å²) in [5.41, 5.74) is 2.88. The predicted octanol–water partition coefficient (Wildman–Crippen LogP) is 5.69. The predicted molar refractivity (Wildman–Crippen MR) is 127 cm³/mol. The van der Waals surface area contributed by atoms with Crippen LogP contribution in [0.5, 0.6) is 0 Å². The fourth-order valence-corrected chi connectivity index (χ4v) is 6.26. The van der Waals surface area contributed by atoms with Crippen molar-refractivity contribution in [1.82, 2.24) is 0 Å². The van der Waals surface area contributed by atoms with Crippen LogP contribution in [0.25, 0.3) is 0 Å². The second-order valence-corrected chi connectivity index (χ2v) is 10.1. The summed E-state index contributed by atoms with van der Waals surface area (Å²) in [6.45, 7) is 4.50. The zero-order valence-corrected chi connectivity index (χ0v) is 19.9.